The highest BCUT2D eigenvalue weighted by atomic mass is 16.3. The molecule has 0 radical (unpaired) electrons. The Labute approximate surface area is 456 Å². The minimum absolute atomic E-state index is 0.00616. The molecule has 0 saturated carbocycles. The van der Waals surface area contributed by atoms with Crippen molar-refractivity contribution in [2.75, 3.05) is 36.8 Å². The fraction of sp³-hybridized carbons (Fsp3) is 0.193. The second-order valence-corrected chi connectivity index (χ2v) is 19.1. The van der Waals surface area contributed by atoms with Gasteiger partial charge in [-0.25, -0.2) is 28.5 Å². The number of piperidine rings is 1. The number of benzene rings is 2. The number of furan rings is 3. The number of primary amides is 1. The van der Waals surface area contributed by atoms with Crippen LogP contribution in [0.3, 0.4) is 0 Å². The van der Waals surface area contributed by atoms with Gasteiger partial charge in [-0.3, -0.25) is 19.2 Å². The van der Waals surface area contributed by atoms with Gasteiger partial charge in [-0.15, -0.1) is 15.3 Å². The summed E-state index contributed by atoms with van der Waals surface area (Å²) in [7, 11) is 0. The standard InChI is InChI=1S/C25H21N5O2.C16H16N6O3.C16H17N5O2/c26-21-14-20(17-30-24(21)27-23(28-30)22-12-7-13-32-22)25(31)29(15-18-8-3-1-4-9-18)16-19-10-5-2-6-11-19;17-10-7-9(16(24)21-5-1-3-11(21)13(18)23)8-22-15(10)19-14(20-22)12-4-2-6-25-12;17-12-9-11(16(22)20-6-2-1-3-7-20)10-21-15(12)18-14(19-21)13-5-4-8-23-13/h1-14,17H,15-16,26H2;2,4,6-8,11H,1,3,5,17H2,(H2,18,23);4-5,8-10H,1-3,6-7,17H2/t;11-;/m.1./s1. The number of likely N-dealkylation sites (tertiary alicyclic amines) is 2. The lowest BCUT2D eigenvalue weighted by Crippen LogP contribution is -2.43. The Hall–Kier alpha value is -10.6. The molecule has 80 heavy (non-hydrogen) atoms. The number of hydrogen-bond acceptors (Lipinski definition) is 16. The van der Waals surface area contributed by atoms with Crippen molar-refractivity contribution in [2.45, 2.75) is 51.2 Å². The quantitative estimate of drug-likeness (QED) is 0.0989. The van der Waals surface area contributed by atoms with Crippen LogP contribution < -0.4 is 22.9 Å². The van der Waals surface area contributed by atoms with E-state index >= 15 is 0 Å². The van der Waals surface area contributed by atoms with E-state index in [1.165, 1.54) is 32.7 Å². The summed E-state index contributed by atoms with van der Waals surface area (Å²) >= 11 is 0. The van der Waals surface area contributed by atoms with Crippen LogP contribution in [0.2, 0.25) is 0 Å². The van der Waals surface area contributed by atoms with Gasteiger partial charge in [0.15, 0.2) is 34.2 Å². The maximum absolute atomic E-state index is 13.6. The van der Waals surface area contributed by atoms with Crippen molar-refractivity contribution in [3.63, 3.8) is 0 Å². The molecule has 13 rings (SSSR count). The van der Waals surface area contributed by atoms with Crippen LogP contribution in [0.1, 0.15) is 74.3 Å². The number of aromatic nitrogens is 9. The summed E-state index contributed by atoms with van der Waals surface area (Å²) in [6.45, 7) is 3.03. The number of nitrogens with two attached hydrogens (primary N) is 4. The topological polar surface area (TPSA) is 312 Å². The van der Waals surface area contributed by atoms with Crippen molar-refractivity contribution in [3.8, 4) is 34.8 Å². The molecule has 23 heteroatoms. The molecule has 2 aliphatic heterocycles. The van der Waals surface area contributed by atoms with E-state index in [1.54, 1.807) is 89.1 Å². The van der Waals surface area contributed by atoms with Crippen LogP contribution in [-0.4, -0.2) is 108 Å². The third-order valence-electron chi connectivity index (χ3n) is 13.6. The first-order chi connectivity index (χ1) is 38.9. The monoisotopic (exact) mass is 1070 g/mol. The zero-order chi connectivity index (χ0) is 55.3. The Bertz CT molecular complexity index is 3920. The third kappa shape index (κ3) is 11.0. The fourth-order valence-electron chi connectivity index (χ4n) is 9.66. The average molecular weight is 1080 g/mol. The predicted octanol–water partition coefficient (Wildman–Crippen LogP) is 7.27. The second-order valence-electron chi connectivity index (χ2n) is 19.1. The van der Waals surface area contributed by atoms with Gasteiger partial charge in [0.25, 0.3) is 17.7 Å². The van der Waals surface area contributed by atoms with Crippen molar-refractivity contribution in [1.82, 2.24) is 58.5 Å². The first-order valence-corrected chi connectivity index (χ1v) is 25.8. The molecule has 2 aromatic carbocycles. The Balaban J connectivity index is 0.000000129. The highest BCUT2D eigenvalue weighted by Gasteiger charge is 2.34. The van der Waals surface area contributed by atoms with Crippen LogP contribution in [0.15, 0.2) is 166 Å². The predicted molar refractivity (Wildman–Crippen MR) is 295 cm³/mol. The molecule has 2 aliphatic rings. The molecule has 0 aliphatic carbocycles. The van der Waals surface area contributed by atoms with E-state index in [1.807, 2.05) is 65.6 Å². The van der Waals surface area contributed by atoms with Gasteiger partial charge >= 0.3 is 0 Å². The number of fused-ring (bicyclic) bond motifs is 3. The maximum Gasteiger partial charge on any atom is 0.256 e. The van der Waals surface area contributed by atoms with E-state index in [-0.39, 0.29) is 17.7 Å². The Kier molecular flexibility index (Phi) is 14.5. The fourth-order valence-corrected chi connectivity index (χ4v) is 9.66. The number of pyridine rings is 3. The summed E-state index contributed by atoms with van der Waals surface area (Å²) in [5.74, 6) is 1.90. The van der Waals surface area contributed by atoms with Crippen LogP contribution in [0, 0.1) is 0 Å². The number of nitrogens with zero attached hydrogens (tertiary/aromatic N) is 12. The van der Waals surface area contributed by atoms with Crippen molar-refractivity contribution in [3.05, 3.63) is 180 Å². The Morgan fingerprint density at radius 3 is 1.36 bits per heavy atom. The summed E-state index contributed by atoms with van der Waals surface area (Å²) in [5, 5.41) is 13.1. The minimum atomic E-state index is -0.584. The number of carbonyl (C=O) groups is 4. The molecular weight excluding hydrogens is 1020 g/mol. The number of amides is 4. The van der Waals surface area contributed by atoms with Gasteiger partial charge in [-0.2, -0.15) is 0 Å². The minimum Gasteiger partial charge on any atom is -0.461 e. The van der Waals surface area contributed by atoms with Crippen molar-refractivity contribution in [2.24, 2.45) is 5.73 Å². The lowest BCUT2D eigenvalue weighted by atomic mass is 10.1. The van der Waals surface area contributed by atoms with E-state index in [0.29, 0.717) is 112 Å². The smallest absolute Gasteiger partial charge is 0.256 e. The van der Waals surface area contributed by atoms with E-state index in [9.17, 15) is 19.2 Å². The van der Waals surface area contributed by atoms with Crippen molar-refractivity contribution >= 4 is 57.6 Å². The average Bonchev–Trinajstić information content (AvgIpc) is 4.37. The zero-order valence-electron chi connectivity index (χ0n) is 43.1. The molecule has 0 unspecified atom stereocenters. The maximum atomic E-state index is 13.6. The molecule has 11 heterocycles. The first-order valence-electron chi connectivity index (χ1n) is 25.8. The number of carbonyl (C=O) groups excluding carboxylic acids is 4. The van der Waals surface area contributed by atoms with Crippen LogP contribution in [0.25, 0.3) is 51.7 Å². The Morgan fingerprint density at radius 2 is 0.938 bits per heavy atom. The van der Waals surface area contributed by atoms with E-state index in [2.05, 4.69) is 30.2 Å². The summed E-state index contributed by atoms with van der Waals surface area (Å²) in [5.41, 5.74) is 29.7. The van der Waals surface area contributed by atoms with E-state index in [0.717, 1.165) is 43.5 Å². The molecule has 23 nitrogen and oxygen atoms in total. The summed E-state index contributed by atoms with van der Waals surface area (Å²) in [6, 6.07) is 34.7. The van der Waals surface area contributed by atoms with E-state index < -0.39 is 11.9 Å². The van der Waals surface area contributed by atoms with Gasteiger partial charge in [0.05, 0.1) is 52.5 Å². The summed E-state index contributed by atoms with van der Waals surface area (Å²) in [6.07, 6.45) is 14.1. The van der Waals surface area contributed by atoms with Gasteiger partial charge in [0.1, 0.15) is 6.04 Å². The van der Waals surface area contributed by atoms with Gasteiger partial charge in [-0.1, -0.05) is 60.7 Å². The summed E-state index contributed by atoms with van der Waals surface area (Å²) in [4.78, 5) is 68.8. The molecule has 8 N–H and O–H groups in total. The number of hydrogen-bond donors (Lipinski definition) is 4. The van der Waals surface area contributed by atoms with Crippen LogP contribution in [0.5, 0.6) is 0 Å². The molecule has 404 valence electrons. The van der Waals surface area contributed by atoms with Crippen LogP contribution in [-0.2, 0) is 17.9 Å². The molecular formula is C57H54N16O7. The van der Waals surface area contributed by atoms with Crippen LogP contribution >= 0.6 is 0 Å². The van der Waals surface area contributed by atoms with Crippen LogP contribution in [0.4, 0.5) is 17.1 Å². The molecule has 2 saturated heterocycles. The number of nitrogen functional groups attached to an aromatic ring is 3. The first kappa shape index (κ1) is 51.5. The van der Waals surface area contributed by atoms with Gasteiger partial charge in [-0.05, 0) is 97.8 Å². The SMILES string of the molecule is NC(=O)[C@H]1CCCN1C(=O)c1cc(N)c2nc(-c3ccco3)nn2c1.Nc1cc(C(=O)N(Cc2ccccc2)Cc2ccccc2)cn2nc(-c3ccco3)nc12.Nc1cc(C(=O)N2CCCCC2)cn2nc(-c3ccco3)nc12. The molecule has 1 atom stereocenters. The zero-order valence-corrected chi connectivity index (χ0v) is 43.1. The highest BCUT2D eigenvalue weighted by molar-refractivity contribution is 5.99. The lowest BCUT2D eigenvalue weighted by Gasteiger charge is -2.26. The van der Waals surface area contributed by atoms with Crippen molar-refractivity contribution in [1.29, 1.82) is 0 Å². The molecule has 2 fully saturated rings. The second kappa shape index (κ2) is 22.6. The number of anilines is 3. The molecule has 0 spiro atoms. The summed E-state index contributed by atoms with van der Waals surface area (Å²) < 4.78 is 20.5. The Morgan fingerprint density at radius 1 is 0.512 bits per heavy atom. The van der Waals surface area contributed by atoms with Gasteiger partial charge in [0.2, 0.25) is 23.4 Å². The molecule has 11 aromatic rings. The third-order valence-corrected chi connectivity index (χ3v) is 13.6. The molecule has 0 bridgehead atoms. The molecule has 4 amide bonds. The largest absolute Gasteiger partial charge is 0.461 e. The number of rotatable bonds is 11. The lowest BCUT2D eigenvalue weighted by molar-refractivity contribution is -0.121. The van der Waals surface area contributed by atoms with Gasteiger partial charge in [0, 0.05) is 51.3 Å². The van der Waals surface area contributed by atoms with Gasteiger partial charge < -0.3 is 50.9 Å². The molecule has 9 aromatic heterocycles. The highest BCUT2D eigenvalue weighted by Crippen LogP contribution is 2.27. The van der Waals surface area contributed by atoms with Crippen molar-refractivity contribution < 1.29 is 32.4 Å². The van der Waals surface area contributed by atoms with E-state index in [4.69, 9.17) is 36.2 Å². The normalized spacial score (nSPS) is 14.2.